The van der Waals surface area contributed by atoms with Crippen LogP contribution in [0.2, 0.25) is 0 Å². The third kappa shape index (κ3) is 2.24. The second-order valence-electron chi connectivity index (χ2n) is 4.79. The van der Waals surface area contributed by atoms with E-state index in [9.17, 15) is 9.59 Å². The molecule has 0 aliphatic carbocycles. The number of hydrogen-bond acceptors (Lipinski definition) is 3. The number of nitrogens with one attached hydrogen (secondary N) is 3. The van der Waals surface area contributed by atoms with E-state index >= 15 is 0 Å². The third-order valence-electron chi connectivity index (χ3n) is 3.48. The van der Waals surface area contributed by atoms with Crippen molar-refractivity contribution in [2.24, 2.45) is 0 Å². The predicted octanol–water partition coefficient (Wildman–Crippen LogP) is 2.00. The fraction of sp³-hybridized carbons (Fsp3) is 0.125. The van der Waals surface area contributed by atoms with Crippen molar-refractivity contribution >= 4 is 17.8 Å². The van der Waals surface area contributed by atoms with Crippen molar-refractivity contribution in [1.82, 2.24) is 15.3 Å². The highest BCUT2D eigenvalue weighted by Gasteiger charge is 2.30. The molecule has 0 unspecified atom stereocenters. The molecule has 1 aliphatic heterocycles. The number of amides is 1. The Morgan fingerprint density at radius 3 is 2.64 bits per heavy atom. The van der Waals surface area contributed by atoms with Crippen molar-refractivity contribution in [2.45, 2.75) is 6.92 Å². The van der Waals surface area contributed by atoms with E-state index in [1.807, 2.05) is 24.4 Å². The summed E-state index contributed by atoms with van der Waals surface area (Å²) < 4.78 is 5.31. The largest absolute Gasteiger partial charge is 0.494 e. The zero-order valence-electron chi connectivity index (χ0n) is 12.2. The van der Waals surface area contributed by atoms with Gasteiger partial charge in [-0.05, 0) is 25.1 Å². The third-order valence-corrected chi connectivity index (χ3v) is 3.48. The lowest BCUT2D eigenvalue weighted by atomic mass is 10.1. The molecule has 3 heterocycles. The molecule has 112 valence electrons. The Bertz CT molecular complexity index is 795. The summed E-state index contributed by atoms with van der Waals surface area (Å²) in [7, 11) is 1.54. The van der Waals surface area contributed by atoms with Gasteiger partial charge in [0.25, 0.3) is 5.91 Å². The number of rotatable bonds is 3. The van der Waals surface area contributed by atoms with Gasteiger partial charge in [-0.2, -0.15) is 0 Å². The topological polar surface area (TPSA) is 87.0 Å². The first-order valence-corrected chi connectivity index (χ1v) is 6.79. The van der Waals surface area contributed by atoms with Crippen LogP contribution in [0.4, 0.5) is 0 Å². The van der Waals surface area contributed by atoms with E-state index in [1.165, 1.54) is 13.2 Å². The van der Waals surface area contributed by atoms with Gasteiger partial charge in [0.1, 0.15) is 5.75 Å². The summed E-state index contributed by atoms with van der Waals surface area (Å²) in [5.74, 6) is -0.159. The van der Waals surface area contributed by atoms with Gasteiger partial charge in [0.05, 0.1) is 35.5 Å². The van der Waals surface area contributed by atoms with Crippen LogP contribution in [0.25, 0.3) is 17.5 Å². The zero-order chi connectivity index (χ0) is 15.7. The van der Waals surface area contributed by atoms with Crippen LogP contribution in [-0.2, 0) is 9.59 Å². The molecule has 2 aromatic heterocycles. The van der Waals surface area contributed by atoms with Gasteiger partial charge in [0.2, 0.25) is 5.78 Å². The Hall–Kier alpha value is -3.02. The van der Waals surface area contributed by atoms with Gasteiger partial charge in [-0.25, -0.2) is 0 Å². The van der Waals surface area contributed by atoms with Crippen molar-refractivity contribution < 1.29 is 14.3 Å². The van der Waals surface area contributed by atoms with E-state index in [1.54, 1.807) is 13.0 Å². The van der Waals surface area contributed by atoms with Crippen molar-refractivity contribution in [3.8, 4) is 17.1 Å². The number of Topliss-reactive ketones (excluding diaryl/α,β-unsaturated/α-hetero) is 1. The Balaban J connectivity index is 2.04. The molecule has 3 rings (SSSR count). The molecule has 6 heteroatoms. The number of aromatic amines is 2. The van der Waals surface area contributed by atoms with Gasteiger partial charge < -0.3 is 20.0 Å². The number of hydrogen-bond donors (Lipinski definition) is 3. The molecule has 1 fully saturated rings. The minimum Gasteiger partial charge on any atom is -0.494 e. The summed E-state index contributed by atoms with van der Waals surface area (Å²) in [5.41, 5.74) is 2.66. The zero-order valence-corrected chi connectivity index (χ0v) is 12.2. The number of allylic oxidation sites excluding steroid dienone is 2. The summed E-state index contributed by atoms with van der Waals surface area (Å²) in [4.78, 5) is 30.2. The number of ketones is 1. The summed E-state index contributed by atoms with van der Waals surface area (Å²) >= 11 is 0. The Morgan fingerprint density at radius 1 is 1.23 bits per heavy atom. The number of H-pyrrole nitrogens is 2. The molecular weight excluding hydrogens is 282 g/mol. The van der Waals surface area contributed by atoms with E-state index in [4.69, 9.17) is 4.74 Å². The second-order valence-corrected chi connectivity index (χ2v) is 4.79. The normalized spacial score (nSPS) is 18.3. The van der Waals surface area contributed by atoms with Gasteiger partial charge >= 0.3 is 0 Å². The monoisotopic (exact) mass is 297 g/mol. The van der Waals surface area contributed by atoms with Gasteiger partial charge in [0.15, 0.2) is 0 Å². The van der Waals surface area contributed by atoms with Crippen LogP contribution < -0.4 is 10.1 Å². The van der Waals surface area contributed by atoms with Gasteiger partial charge in [-0.1, -0.05) is 6.08 Å². The lowest BCUT2D eigenvalue weighted by molar-refractivity contribution is -0.117. The van der Waals surface area contributed by atoms with Crippen LogP contribution in [-0.4, -0.2) is 28.8 Å². The minimum atomic E-state index is -0.406. The fourth-order valence-corrected chi connectivity index (χ4v) is 2.34. The summed E-state index contributed by atoms with van der Waals surface area (Å²) in [6.07, 6.45) is 4.91. The molecule has 1 aliphatic rings. The summed E-state index contributed by atoms with van der Waals surface area (Å²) in [6.45, 7) is 1.70. The first-order valence-electron chi connectivity index (χ1n) is 6.79. The maximum absolute atomic E-state index is 12.1. The quantitative estimate of drug-likeness (QED) is 0.598. The molecular formula is C16H15N3O3. The molecule has 1 amide bonds. The van der Waals surface area contributed by atoms with Crippen molar-refractivity contribution in [2.75, 3.05) is 7.11 Å². The molecule has 0 spiro atoms. The standard InChI is InChI=1S/C16H15N3O3/c1-3-10-15(20)9(16(21)19-10)7-13-14(22-2)8-12(18-13)11-5-4-6-17-11/h3-8,17-18H,1-2H3,(H,19,21)/b9-7+,10-3-. The molecule has 3 N–H and O–H groups in total. The van der Waals surface area contributed by atoms with E-state index in [0.717, 1.165) is 11.4 Å². The van der Waals surface area contributed by atoms with Gasteiger partial charge in [0, 0.05) is 12.3 Å². The highest BCUT2D eigenvalue weighted by Crippen LogP contribution is 2.29. The smallest absolute Gasteiger partial charge is 0.259 e. The van der Waals surface area contributed by atoms with E-state index < -0.39 is 5.91 Å². The maximum Gasteiger partial charge on any atom is 0.259 e. The molecule has 0 aromatic carbocycles. The molecule has 2 aromatic rings. The average Bonchev–Trinajstić information content (AvgIpc) is 3.22. The number of carbonyl (C=O) groups is 2. The molecule has 0 atom stereocenters. The summed E-state index contributed by atoms with van der Waals surface area (Å²) in [6, 6.07) is 5.60. The second kappa shape index (κ2) is 5.40. The lowest BCUT2D eigenvalue weighted by Crippen LogP contribution is -2.13. The van der Waals surface area contributed by atoms with Crippen LogP contribution in [0, 0.1) is 0 Å². The van der Waals surface area contributed by atoms with Gasteiger partial charge in [-0.15, -0.1) is 0 Å². The highest BCUT2D eigenvalue weighted by atomic mass is 16.5. The van der Waals surface area contributed by atoms with Crippen molar-refractivity contribution in [3.05, 3.63) is 47.4 Å². The fourth-order valence-electron chi connectivity index (χ4n) is 2.34. The van der Waals surface area contributed by atoms with Crippen molar-refractivity contribution in [3.63, 3.8) is 0 Å². The summed E-state index contributed by atoms with van der Waals surface area (Å²) in [5, 5.41) is 2.54. The Kier molecular flexibility index (Phi) is 3.42. The molecule has 22 heavy (non-hydrogen) atoms. The first kappa shape index (κ1) is 13.9. The molecule has 0 bridgehead atoms. The van der Waals surface area contributed by atoms with Gasteiger partial charge in [-0.3, -0.25) is 9.59 Å². The number of methoxy groups -OCH3 is 1. The lowest BCUT2D eigenvalue weighted by Gasteiger charge is -1.97. The Labute approximate surface area is 126 Å². The number of carbonyl (C=O) groups excluding carboxylic acids is 2. The molecule has 0 radical (unpaired) electrons. The van der Waals surface area contributed by atoms with Crippen LogP contribution in [0.1, 0.15) is 12.6 Å². The average molecular weight is 297 g/mol. The number of ether oxygens (including phenoxy) is 1. The SMILES string of the molecule is C/C=C1\NC(=O)/C(=C/c2[nH]c(-c3ccc[nH]3)cc2OC)C1=O. The Morgan fingerprint density at radius 2 is 2.05 bits per heavy atom. The van der Waals surface area contributed by atoms with Crippen molar-refractivity contribution in [1.29, 1.82) is 0 Å². The van der Waals surface area contributed by atoms with E-state index in [-0.39, 0.29) is 11.4 Å². The van der Waals surface area contributed by atoms with E-state index in [2.05, 4.69) is 15.3 Å². The first-order chi connectivity index (χ1) is 10.6. The van der Waals surface area contributed by atoms with Crippen LogP contribution in [0.15, 0.2) is 41.7 Å². The minimum absolute atomic E-state index is 0.0892. The number of aromatic nitrogens is 2. The van der Waals surface area contributed by atoms with Crippen LogP contribution >= 0.6 is 0 Å². The molecule has 0 saturated carbocycles. The van der Waals surface area contributed by atoms with Crippen LogP contribution in [0.3, 0.4) is 0 Å². The molecule has 1 saturated heterocycles. The highest BCUT2D eigenvalue weighted by molar-refractivity contribution is 6.34. The van der Waals surface area contributed by atoms with Crippen LogP contribution in [0.5, 0.6) is 5.75 Å². The maximum atomic E-state index is 12.1. The molecule has 6 nitrogen and oxygen atoms in total. The predicted molar refractivity (Wildman–Crippen MR) is 82.0 cm³/mol. The van der Waals surface area contributed by atoms with E-state index in [0.29, 0.717) is 17.1 Å².